The van der Waals surface area contributed by atoms with E-state index in [1.807, 2.05) is 0 Å². The highest BCUT2D eigenvalue weighted by atomic mass is 28.4. The van der Waals surface area contributed by atoms with Crippen LogP contribution in [0, 0.1) is 0 Å². The van der Waals surface area contributed by atoms with Gasteiger partial charge in [-0.05, 0) is 32.2 Å². The van der Waals surface area contributed by atoms with Crippen molar-refractivity contribution in [3.8, 4) is 0 Å². The Morgan fingerprint density at radius 3 is 0.515 bits per heavy atom. The molecule has 0 saturated carbocycles. The molecule has 0 unspecified atom stereocenters. The summed E-state index contributed by atoms with van der Waals surface area (Å²) in [6.45, 7) is 47.3. The minimum Gasteiger partial charge on any atom is -0.0693 e. The summed E-state index contributed by atoms with van der Waals surface area (Å²) < 4.78 is 0. The Labute approximate surface area is 215 Å². The topological polar surface area (TPSA) is 0 Å². The first-order chi connectivity index (χ1) is 14.2. The minimum absolute atomic E-state index is 0.816. The van der Waals surface area contributed by atoms with Gasteiger partial charge in [0.05, 0.1) is 0 Å². The molecule has 0 N–H and O–H groups in total. The molecule has 0 aromatic heterocycles. The SMILES string of the molecule is C[Si](C)(C)C(c1cc(C([Si](C)(C)C)[Si](C)(C)C)cc(C([Si](C)(C)C)[Si](C)(C)C)c1)[Si](C)(C)C. The molecule has 1 rings (SSSR count). The molecular formula is C27H60Si6. The second kappa shape index (κ2) is 9.77. The van der Waals surface area contributed by atoms with Crippen LogP contribution in [0.2, 0.25) is 118 Å². The monoisotopic (exact) mass is 552 g/mol. The van der Waals surface area contributed by atoms with Crippen molar-refractivity contribution >= 4 is 48.4 Å². The highest BCUT2D eigenvalue weighted by Gasteiger charge is 2.44. The number of benzene rings is 1. The van der Waals surface area contributed by atoms with Gasteiger partial charge in [0.25, 0.3) is 0 Å². The molecule has 0 atom stereocenters. The van der Waals surface area contributed by atoms with Gasteiger partial charge >= 0.3 is 0 Å². The molecule has 0 heterocycles. The van der Waals surface area contributed by atoms with Crippen LogP contribution in [0.3, 0.4) is 0 Å². The largest absolute Gasteiger partial charge is 0.0693 e. The van der Waals surface area contributed by atoms with E-state index in [0.29, 0.717) is 0 Å². The van der Waals surface area contributed by atoms with Crippen LogP contribution in [0.15, 0.2) is 18.2 Å². The molecule has 0 fully saturated rings. The third kappa shape index (κ3) is 8.27. The van der Waals surface area contributed by atoms with Gasteiger partial charge in [-0.3, -0.25) is 0 Å². The van der Waals surface area contributed by atoms with Crippen LogP contribution in [-0.4, -0.2) is 48.4 Å². The van der Waals surface area contributed by atoms with E-state index in [2.05, 4.69) is 136 Å². The highest BCUT2D eigenvalue weighted by Crippen LogP contribution is 2.44. The van der Waals surface area contributed by atoms with Gasteiger partial charge in [-0.1, -0.05) is 136 Å². The number of rotatable bonds is 9. The summed E-state index contributed by atoms with van der Waals surface area (Å²) in [5.41, 5.74) is 5.22. The molecule has 0 radical (unpaired) electrons. The molecule has 1 aromatic rings. The summed E-state index contributed by atoms with van der Waals surface area (Å²) in [5, 5.41) is 2.45. The van der Waals surface area contributed by atoms with Crippen LogP contribution in [0.5, 0.6) is 0 Å². The molecule has 0 aliphatic rings. The molecule has 0 nitrogen and oxygen atoms in total. The fourth-order valence-electron chi connectivity index (χ4n) is 8.10. The molecular weight excluding hydrogens is 493 g/mol. The lowest BCUT2D eigenvalue weighted by molar-refractivity contribution is 1.08. The number of hydrogen-bond donors (Lipinski definition) is 0. The summed E-state index contributed by atoms with van der Waals surface area (Å²) in [6.07, 6.45) is 0. The maximum atomic E-state index is 2.76. The van der Waals surface area contributed by atoms with E-state index >= 15 is 0 Å². The first-order valence-electron chi connectivity index (χ1n) is 13.3. The summed E-state index contributed by atoms with van der Waals surface area (Å²) in [6, 6.07) is 8.28. The lowest BCUT2D eigenvalue weighted by atomic mass is 10.1. The van der Waals surface area contributed by atoms with Gasteiger partial charge in [0.15, 0.2) is 0 Å². The van der Waals surface area contributed by atoms with Crippen molar-refractivity contribution in [2.45, 2.75) is 133 Å². The maximum Gasteiger partial charge on any atom is 0.0493 e. The third-order valence-corrected chi connectivity index (χ3v) is 35.2. The van der Waals surface area contributed by atoms with Crippen LogP contribution in [-0.2, 0) is 0 Å². The van der Waals surface area contributed by atoms with E-state index in [1.54, 1.807) is 16.7 Å². The van der Waals surface area contributed by atoms with E-state index in [4.69, 9.17) is 0 Å². The second-order valence-corrected chi connectivity index (χ2v) is 51.0. The smallest absolute Gasteiger partial charge is 0.0493 e. The average molecular weight is 553 g/mol. The molecule has 0 spiro atoms. The predicted molar refractivity (Wildman–Crippen MR) is 175 cm³/mol. The Hall–Kier alpha value is 0.521. The lowest BCUT2D eigenvalue weighted by Gasteiger charge is -2.44. The average Bonchev–Trinajstić information content (AvgIpc) is 2.35. The summed E-state index contributed by atoms with van der Waals surface area (Å²) in [4.78, 5) is 0. The summed E-state index contributed by atoms with van der Waals surface area (Å²) in [7, 11) is -8.13. The fraction of sp³-hybridized carbons (Fsp3) is 0.778. The van der Waals surface area contributed by atoms with Gasteiger partial charge < -0.3 is 0 Å². The van der Waals surface area contributed by atoms with E-state index < -0.39 is 48.4 Å². The molecule has 0 bridgehead atoms. The molecule has 0 aliphatic carbocycles. The van der Waals surface area contributed by atoms with E-state index in [0.717, 1.165) is 15.5 Å². The van der Waals surface area contributed by atoms with Crippen LogP contribution in [0.4, 0.5) is 0 Å². The van der Waals surface area contributed by atoms with Gasteiger partial charge in [-0.2, -0.15) is 0 Å². The van der Waals surface area contributed by atoms with Crippen LogP contribution in [0.1, 0.15) is 32.2 Å². The van der Waals surface area contributed by atoms with Crippen molar-refractivity contribution in [3.05, 3.63) is 34.9 Å². The van der Waals surface area contributed by atoms with Crippen molar-refractivity contribution in [3.63, 3.8) is 0 Å². The Morgan fingerprint density at radius 1 is 0.303 bits per heavy atom. The Morgan fingerprint density at radius 2 is 0.424 bits per heavy atom. The van der Waals surface area contributed by atoms with E-state index in [1.165, 1.54) is 0 Å². The van der Waals surface area contributed by atoms with Crippen LogP contribution in [0.25, 0.3) is 0 Å². The molecule has 0 aliphatic heterocycles. The molecule has 0 saturated heterocycles. The summed E-state index contributed by atoms with van der Waals surface area (Å²) >= 11 is 0. The third-order valence-electron chi connectivity index (χ3n) is 7.20. The zero-order valence-corrected chi connectivity index (χ0v) is 32.0. The quantitative estimate of drug-likeness (QED) is 0.267. The maximum absolute atomic E-state index is 2.76. The zero-order chi connectivity index (χ0) is 26.6. The molecule has 0 amide bonds. The first kappa shape index (κ1) is 31.6. The van der Waals surface area contributed by atoms with Gasteiger partial charge in [0, 0.05) is 48.4 Å². The number of hydrogen-bond acceptors (Lipinski definition) is 0. The lowest BCUT2D eigenvalue weighted by Crippen LogP contribution is -2.49. The second-order valence-electron chi connectivity index (χ2n) is 17.4. The first-order valence-corrected chi connectivity index (χ1v) is 34.8. The van der Waals surface area contributed by atoms with Gasteiger partial charge in [-0.25, -0.2) is 0 Å². The minimum atomic E-state index is -1.35. The highest BCUT2D eigenvalue weighted by molar-refractivity contribution is 6.97. The normalized spacial score (nSPS) is 15.2. The summed E-state index contributed by atoms with van der Waals surface area (Å²) in [5.74, 6) is 0. The van der Waals surface area contributed by atoms with Crippen molar-refractivity contribution in [2.75, 3.05) is 0 Å². The van der Waals surface area contributed by atoms with Crippen LogP contribution < -0.4 is 0 Å². The molecule has 1 aromatic carbocycles. The van der Waals surface area contributed by atoms with Crippen LogP contribution >= 0.6 is 0 Å². The molecule has 6 heteroatoms. The van der Waals surface area contributed by atoms with Gasteiger partial charge in [0.1, 0.15) is 0 Å². The van der Waals surface area contributed by atoms with E-state index in [-0.39, 0.29) is 0 Å². The standard InChI is InChI=1S/C27H60Si6/c1-28(2,3)25(29(4,5)6)22-19-23(26(30(7,8)9)31(10,11)12)21-24(20-22)27(32(13,14)15)33(16,17)18/h19-21,25-27H,1-18H3. The van der Waals surface area contributed by atoms with Gasteiger partial charge in [-0.15, -0.1) is 0 Å². The Bertz CT molecular complexity index is 638. The van der Waals surface area contributed by atoms with Crippen molar-refractivity contribution in [2.24, 2.45) is 0 Å². The Kier molecular flexibility index (Phi) is 9.34. The molecule has 33 heavy (non-hydrogen) atoms. The van der Waals surface area contributed by atoms with Crippen molar-refractivity contribution in [1.82, 2.24) is 0 Å². The van der Waals surface area contributed by atoms with E-state index in [9.17, 15) is 0 Å². The van der Waals surface area contributed by atoms with Crippen molar-refractivity contribution < 1.29 is 0 Å². The zero-order valence-electron chi connectivity index (χ0n) is 26.0. The fourth-order valence-corrected chi connectivity index (χ4v) is 46.3. The van der Waals surface area contributed by atoms with Gasteiger partial charge in [0.2, 0.25) is 0 Å². The van der Waals surface area contributed by atoms with Crippen molar-refractivity contribution in [1.29, 1.82) is 0 Å². The molecule has 192 valence electrons. The Balaban J connectivity index is 4.16. The predicted octanol–water partition coefficient (Wildman–Crippen LogP) is 10.2.